The Balaban J connectivity index is 1.59. The molecule has 4 rings (SSSR count). The lowest BCUT2D eigenvalue weighted by Crippen LogP contribution is -2.34. The van der Waals surface area contributed by atoms with Gasteiger partial charge in [0.15, 0.2) is 0 Å². The molecule has 0 fully saturated rings. The number of aromatic nitrogens is 3. The van der Waals surface area contributed by atoms with Gasteiger partial charge in [-0.15, -0.1) is 5.10 Å². The number of carbonyl (C=O) groups excluding carboxylic acids is 2. The fraction of sp³-hybridized carbons (Fsp3) is 0.444. The van der Waals surface area contributed by atoms with Gasteiger partial charge in [0.25, 0.3) is 11.8 Å². The summed E-state index contributed by atoms with van der Waals surface area (Å²) >= 11 is 1.32. The molecule has 0 saturated heterocycles. The van der Waals surface area contributed by atoms with Crippen LogP contribution in [0.4, 0.5) is 5.69 Å². The van der Waals surface area contributed by atoms with Crippen molar-refractivity contribution in [3.63, 3.8) is 0 Å². The summed E-state index contributed by atoms with van der Waals surface area (Å²) in [6, 6.07) is 9.19. The Labute approximate surface area is 216 Å². The number of pyridine rings is 1. The lowest BCUT2D eigenvalue weighted by molar-refractivity contribution is 0.0950. The van der Waals surface area contributed by atoms with Crippen LogP contribution in [0.15, 0.2) is 42.7 Å². The zero-order chi connectivity index (χ0) is 25.3. The van der Waals surface area contributed by atoms with Gasteiger partial charge in [0.05, 0.1) is 22.7 Å². The van der Waals surface area contributed by atoms with Crippen molar-refractivity contribution in [3.05, 3.63) is 70.0 Å². The normalized spacial score (nSPS) is 15.0. The van der Waals surface area contributed by atoms with Crippen LogP contribution < -0.4 is 15.5 Å². The maximum Gasteiger partial charge on any atom is 0.259 e. The molecular formula is C27H34N6O2S. The predicted octanol–water partition coefficient (Wildman–Crippen LogP) is 4.69. The molecule has 0 radical (unpaired) electrons. The van der Waals surface area contributed by atoms with E-state index in [4.69, 9.17) is 0 Å². The molecule has 0 saturated carbocycles. The number of nitrogens with zero attached hydrogens (tertiary/aromatic N) is 4. The van der Waals surface area contributed by atoms with Gasteiger partial charge in [-0.05, 0) is 72.7 Å². The van der Waals surface area contributed by atoms with Crippen molar-refractivity contribution in [3.8, 4) is 0 Å². The molecule has 2 aromatic heterocycles. The second-order valence-corrected chi connectivity index (χ2v) is 10.2. The van der Waals surface area contributed by atoms with E-state index >= 15 is 0 Å². The molecule has 2 N–H and O–H groups in total. The second kappa shape index (κ2) is 12.7. The third kappa shape index (κ3) is 6.53. The molecule has 2 amide bonds. The van der Waals surface area contributed by atoms with E-state index in [-0.39, 0.29) is 17.7 Å². The predicted molar refractivity (Wildman–Crippen MR) is 142 cm³/mol. The van der Waals surface area contributed by atoms with Crippen molar-refractivity contribution in [1.29, 1.82) is 0 Å². The first-order chi connectivity index (χ1) is 17.5. The minimum atomic E-state index is -0.155. The molecule has 0 aliphatic carbocycles. The number of rotatable bonds is 5. The van der Waals surface area contributed by atoms with E-state index in [0.717, 1.165) is 54.0 Å². The van der Waals surface area contributed by atoms with E-state index in [2.05, 4.69) is 39.1 Å². The monoisotopic (exact) mass is 506 g/mol. The minimum absolute atomic E-state index is 0.0717. The molecule has 1 aromatic carbocycles. The van der Waals surface area contributed by atoms with Crippen molar-refractivity contribution < 1.29 is 9.59 Å². The van der Waals surface area contributed by atoms with Gasteiger partial charge in [-0.1, -0.05) is 37.6 Å². The third-order valence-electron chi connectivity index (χ3n) is 6.38. The summed E-state index contributed by atoms with van der Waals surface area (Å²) in [5.74, 6) is 0.0254. The van der Waals surface area contributed by atoms with Crippen LogP contribution in [0.25, 0.3) is 0 Å². The SMILES string of the molecule is CC(C)c1nnsc1CNC(=O)c1ccc2c(c1)CNCCCCCCCN2C(=O)c1cccnc1. The third-order valence-corrected chi connectivity index (χ3v) is 7.12. The molecule has 1 aliphatic rings. The fourth-order valence-electron chi connectivity index (χ4n) is 4.42. The Kier molecular flexibility index (Phi) is 9.13. The second-order valence-electron chi connectivity index (χ2n) is 9.41. The van der Waals surface area contributed by atoms with Crippen molar-refractivity contribution in [2.75, 3.05) is 18.0 Å². The molecule has 3 heterocycles. The van der Waals surface area contributed by atoms with Crippen molar-refractivity contribution in [2.24, 2.45) is 0 Å². The summed E-state index contributed by atoms with van der Waals surface area (Å²) in [4.78, 5) is 33.5. The van der Waals surface area contributed by atoms with Crippen molar-refractivity contribution >= 4 is 29.0 Å². The maximum atomic E-state index is 13.5. The molecular weight excluding hydrogens is 472 g/mol. The van der Waals surface area contributed by atoms with E-state index in [0.29, 0.717) is 30.8 Å². The highest BCUT2D eigenvalue weighted by Crippen LogP contribution is 2.26. The molecule has 3 aromatic rings. The number of benzene rings is 1. The van der Waals surface area contributed by atoms with Gasteiger partial charge in [-0.3, -0.25) is 14.6 Å². The van der Waals surface area contributed by atoms with Gasteiger partial charge in [-0.2, -0.15) is 0 Å². The van der Waals surface area contributed by atoms with Crippen LogP contribution in [0.1, 0.15) is 88.7 Å². The van der Waals surface area contributed by atoms with Crippen LogP contribution in [-0.2, 0) is 13.1 Å². The standard InChI is InChI=1S/C27H34N6O2S/c1-19(2)25-24(36-32-31-25)18-30-26(34)20-10-11-23-22(15-20)17-28-12-6-4-3-5-7-14-33(23)27(35)21-9-8-13-29-16-21/h8-11,13,15-16,19,28H,3-7,12,14,17-18H2,1-2H3,(H,30,34). The highest BCUT2D eigenvalue weighted by molar-refractivity contribution is 7.05. The first kappa shape index (κ1) is 25.9. The van der Waals surface area contributed by atoms with E-state index in [1.807, 2.05) is 17.0 Å². The van der Waals surface area contributed by atoms with Gasteiger partial charge >= 0.3 is 0 Å². The molecule has 0 spiro atoms. The number of fused-ring (bicyclic) bond motifs is 1. The van der Waals surface area contributed by atoms with Crippen LogP contribution in [0.3, 0.4) is 0 Å². The Morgan fingerprint density at radius 3 is 2.75 bits per heavy atom. The summed E-state index contributed by atoms with van der Waals surface area (Å²) in [7, 11) is 0. The summed E-state index contributed by atoms with van der Waals surface area (Å²) in [6.07, 6.45) is 8.74. The van der Waals surface area contributed by atoms with Gasteiger partial charge in [-0.25, -0.2) is 0 Å². The minimum Gasteiger partial charge on any atom is -0.347 e. The van der Waals surface area contributed by atoms with Crippen LogP contribution in [0.2, 0.25) is 0 Å². The Bertz CT molecular complexity index is 1160. The van der Waals surface area contributed by atoms with E-state index in [9.17, 15) is 9.59 Å². The van der Waals surface area contributed by atoms with Gasteiger partial charge in [0.2, 0.25) is 0 Å². The fourth-order valence-corrected chi connectivity index (χ4v) is 5.15. The van der Waals surface area contributed by atoms with Crippen molar-refractivity contribution in [2.45, 2.75) is 65.0 Å². The molecule has 8 nitrogen and oxygen atoms in total. The lowest BCUT2D eigenvalue weighted by Gasteiger charge is -2.26. The molecule has 0 unspecified atom stereocenters. The first-order valence-electron chi connectivity index (χ1n) is 12.7. The van der Waals surface area contributed by atoms with Gasteiger partial charge < -0.3 is 15.5 Å². The van der Waals surface area contributed by atoms with Crippen molar-refractivity contribution in [1.82, 2.24) is 25.2 Å². The number of amides is 2. The molecule has 0 atom stereocenters. The summed E-state index contributed by atoms with van der Waals surface area (Å²) in [5.41, 5.74) is 3.82. The average molecular weight is 507 g/mol. The highest BCUT2D eigenvalue weighted by Gasteiger charge is 2.22. The maximum absolute atomic E-state index is 13.5. The first-order valence-corrected chi connectivity index (χ1v) is 13.5. The lowest BCUT2D eigenvalue weighted by atomic mass is 10.0. The smallest absolute Gasteiger partial charge is 0.259 e. The zero-order valence-corrected chi connectivity index (χ0v) is 21.8. The Hall–Kier alpha value is -3.17. The molecule has 9 heteroatoms. The Morgan fingerprint density at radius 1 is 1.11 bits per heavy atom. The highest BCUT2D eigenvalue weighted by atomic mass is 32.1. The number of carbonyl (C=O) groups is 2. The number of hydrogen-bond donors (Lipinski definition) is 2. The topological polar surface area (TPSA) is 100 Å². The molecule has 36 heavy (non-hydrogen) atoms. The van der Waals surface area contributed by atoms with Crippen LogP contribution in [0.5, 0.6) is 0 Å². The summed E-state index contributed by atoms with van der Waals surface area (Å²) in [5, 5.41) is 10.7. The van der Waals surface area contributed by atoms with Crippen LogP contribution in [0, 0.1) is 0 Å². The van der Waals surface area contributed by atoms with E-state index in [1.165, 1.54) is 18.0 Å². The van der Waals surface area contributed by atoms with Gasteiger partial charge in [0, 0.05) is 36.7 Å². The van der Waals surface area contributed by atoms with E-state index in [1.54, 1.807) is 30.6 Å². The number of anilines is 1. The number of nitrogens with one attached hydrogen (secondary N) is 2. The largest absolute Gasteiger partial charge is 0.347 e. The van der Waals surface area contributed by atoms with Gasteiger partial charge in [0.1, 0.15) is 0 Å². The summed E-state index contributed by atoms with van der Waals surface area (Å²) in [6.45, 7) is 6.65. The molecule has 1 aliphatic heterocycles. The average Bonchev–Trinajstić information content (AvgIpc) is 3.37. The van der Waals surface area contributed by atoms with E-state index < -0.39 is 0 Å². The molecule has 190 valence electrons. The van der Waals surface area contributed by atoms with Crippen LogP contribution >= 0.6 is 11.5 Å². The summed E-state index contributed by atoms with van der Waals surface area (Å²) < 4.78 is 4.04. The molecule has 0 bridgehead atoms. The number of hydrogen-bond acceptors (Lipinski definition) is 7. The Morgan fingerprint density at radius 2 is 1.94 bits per heavy atom. The zero-order valence-electron chi connectivity index (χ0n) is 21.0. The van der Waals surface area contributed by atoms with Crippen LogP contribution in [-0.4, -0.2) is 39.5 Å². The quantitative estimate of drug-likeness (QED) is 0.521.